The number of aliphatic hydroxyl groups excluding tert-OH is 1. The Balaban J connectivity index is 1.86. The van der Waals surface area contributed by atoms with E-state index < -0.39 is 6.29 Å². The van der Waals surface area contributed by atoms with Crippen LogP contribution in [0.5, 0.6) is 0 Å². The van der Waals surface area contributed by atoms with E-state index in [1.165, 1.54) is 25.7 Å². The Morgan fingerprint density at radius 2 is 1.85 bits per heavy atom. The van der Waals surface area contributed by atoms with Crippen LogP contribution in [0, 0.1) is 0 Å². The molecule has 0 unspecified atom stereocenters. The third-order valence-corrected chi connectivity index (χ3v) is 2.51. The molecule has 0 radical (unpaired) electrons. The zero-order valence-corrected chi connectivity index (χ0v) is 8.28. The Bertz CT molecular complexity index is 136. The summed E-state index contributed by atoms with van der Waals surface area (Å²) in [7, 11) is 0. The molecule has 3 nitrogen and oxygen atoms in total. The molecular formula is C10H20O3. The van der Waals surface area contributed by atoms with Crippen LogP contribution < -0.4 is 0 Å². The highest BCUT2D eigenvalue weighted by molar-refractivity contribution is 4.85. The summed E-state index contributed by atoms with van der Waals surface area (Å²) < 4.78 is 5.08. The summed E-state index contributed by atoms with van der Waals surface area (Å²) in [6, 6.07) is 0. The second-order valence-corrected chi connectivity index (χ2v) is 3.76. The average molecular weight is 188 g/mol. The highest BCUT2D eigenvalue weighted by Crippen LogP contribution is 2.29. The van der Waals surface area contributed by atoms with Gasteiger partial charge in [0.2, 0.25) is 0 Å². The minimum absolute atomic E-state index is 0.113. The van der Waals surface area contributed by atoms with Crippen molar-refractivity contribution in [3.63, 3.8) is 0 Å². The van der Waals surface area contributed by atoms with Crippen molar-refractivity contribution in [3.8, 4) is 0 Å². The second-order valence-electron chi connectivity index (χ2n) is 3.76. The van der Waals surface area contributed by atoms with Gasteiger partial charge in [-0.05, 0) is 6.42 Å². The van der Waals surface area contributed by atoms with Crippen molar-refractivity contribution in [2.24, 2.45) is 0 Å². The van der Waals surface area contributed by atoms with Gasteiger partial charge in [0.1, 0.15) is 6.10 Å². The van der Waals surface area contributed by atoms with Crippen LogP contribution in [0.25, 0.3) is 0 Å². The number of aliphatic hydroxyl groups is 2. The SMILES string of the molecule is CCCCCCC[C@H]1O[C@H]1C(O)O. The van der Waals surface area contributed by atoms with Gasteiger partial charge in [0.05, 0.1) is 6.10 Å². The lowest BCUT2D eigenvalue weighted by atomic mass is 10.1. The third-order valence-electron chi connectivity index (χ3n) is 2.51. The quantitative estimate of drug-likeness (QED) is 0.361. The van der Waals surface area contributed by atoms with E-state index in [0.29, 0.717) is 0 Å². The normalized spacial score (nSPS) is 26.8. The maximum absolute atomic E-state index is 8.73. The largest absolute Gasteiger partial charge is 0.366 e. The average Bonchev–Trinajstić information content (AvgIpc) is 2.83. The molecular weight excluding hydrogens is 168 g/mol. The maximum atomic E-state index is 8.73. The molecule has 3 heteroatoms. The molecule has 78 valence electrons. The molecule has 2 N–H and O–H groups in total. The lowest BCUT2D eigenvalue weighted by Gasteiger charge is -1.98. The molecule has 1 aliphatic rings. The minimum atomic E-state index is -1.28. The zero-order chi connectivity index (χ0) is 9.68. The lowest BCUT2D eigenvalue weighted by Crippen LogP contribution is -2.15. The van der Waals surface area contributed by atoms with Gasteiger partial charge in [-0.15, -0.1) is 0 Å². The van der Waals surface area contributed by atoms with E-state index in [1.807, 2.05) is 0 Å². The minimum Gasteiger partial charge on any atom is -0.366 e. The van der Waals surface area contributed by atoms with E-state index in [0.717, 1.165) is 12.8 Å². The van der Waals surface area contributed by atoms with Gasteiger partial charge in [-0.2, -0.15) is 0 Å². The highest BCUT2D eigenvalue weighted by atomic mass is 16.6. The summed E-state index contributed by atoms with van der Waals surface area (Å²) in [5.41, 5.74) is 0. The molecule has 1 rings (SSSR count). The van der Waals surface area contributed by atoms with Crippen molar-refractivity contribution >= 4 is 0 Å². The maximum Gasteiger partial charge on any atom is 0.181 e. The van der Waals surface area contributed by atoms with Crippen molar-refractivity contribution in [2.45, 2.75) is 63.9 Å². The Morgan fingerprint density at radius 1 is 1.15 bits per heavy atom. The van der Waals surface area contributed by atoms with Gasteiger partial charge < -0.3 is 14.9 Å². The van der Waals surface area contributed by atoms with E-state index in [9.17, 15) is 0 Å². The van der Waals surface area contributed by atoms with Gasteiger partial charge in [-0.3, -0.25) is 0 Å². The Morgan fingerprint density at radius 3 is 2.38 bits per heavy atom. The van der Waals surface area contributed by atoms with Crippen LogP contribution in [-0.4, -0.2) is 28.7 Å². The number of epoxide rings is 1. The summed E-state index contributed by atoms with van der Waals surface area (Å²) >= 11 is 0. The van der Waals surface area contributed by atoms with Gasteiger partial charge >= 0.3 is 0 Å². The van der Waals surface area contributed by atoms with Gasteiger partial charge in [0.15, 0.2) is 6.29 Å². The molecule has 0 aromatic carbocycles. The van der Waals surface area contributed by atoms with Gasteiger partial charge in [-0.25, -0.2) is 0 Å². The molecule has 0 aliphatic carbocycles. The molecule has 1 fully saturated rings. The van der Waals surface area contributed by atoms with E-state index >= 15 is 0 Å². The summed E-state index contributed by atoms with van der Waals surface area (Å²) in [4.78, 5) is 0. The van der Waals surface area contributed by atoms with Crippen LogP contribution in [0.15, 0.2) is 0 Å². The topological polar surface area (TPSA) is 53.0 Å². The monoisotopic (exact) mass is 188 g/mol. The number of ether oxygens (including phenoxy) is 1. The highest BCUT2D eigenvalue weighted by Gasteiger charge is 2.42. The first kappa shape index (κ1) is 11.0. The molecule has 0 saturated carbocycles. The smallest absolute Gasteiger partial charge is 0.181 e. The Hall–Kier alpha value is -0.120. The lowest BCUT2D eigenvalue weighted by molar-refractivity contribution is -0.0582. The first-order chi connectivity index (χ1) is 6.25. The Kier molecular flexibility index (Phi) is 4.70. The van der Waals surface area contributed by atoms with Crippen molar-refractivity contribution in [3.05, 3.63) is 0 Å². The molecule has 0 bridgehead atoms. The summed E-state index contributed by atoms with van der Waals surface area (Å²) in [6.45, 7) is 2.20. The second kappa shape index (κ2) is 5.58. The van der Waals surface area contributed by atoms with Crippen molar-refractivity contribution in [2.75, 3.05) is 0 Å². The van der Waals surface area contributed by atoms with Crippen LogP contribution in [0.3, 0.4) is 0 Å². The summed E-state index contributed by atoms with van der Waals surface area (Å²) in [6.07, 6.45) is 5.75. The molecule has 0 aromatic rings. The fraction of sp³-hybridized carbons (Fsp3) is 1.00. The Labute approximate surface area is 79.7 Å². The van der Waals surface area contributed by atoms with Crippen LogP contribution in [0.2, 0.25) is 0 Å². The molecule has 1 aliphatic heterocycles. The van der Waals surface area contributed by atoms with E-state index in [4.69, 9.17) is 14.9 Å². The fourth-order valence-electron chi connectivity index (χ4n) is 1.60. The molecule has 0 spiro atoms. The molecule has 2 atom stereocenters. The predicted octanol–water partition coefficient (Wildman–Crippen LogP) is 1.42. The number of rotatable bonds is 7. The molecule has 0 aromatic heterocycles. The first-order valence-corrected chi connectivity index (χ1v) is 5.27. The van der Waals surface area contributed by atoms with E-state index in [1.54, 1.807) is 0 Å². The van der Waals surface area contributed by atoms with Gasteiger partial charge in [0, 0.05) is 0 Å². The van der Waals surface area contributed by atoms with Crippen molar-refractivity contribution in [1.29, 1.82) is 0 Å². The zero-order valence-electron chi connectivity index (χ0n) is 8.28. The molecule has 0 amide bonds. The molecule has 13 heavy (non-hydrogen) atoms. The van der Waals surface area contributed by atoms with Crippen LogP contribution >= 0.6 is 0 Å². The first-order valence-electron chi connectivity index (χ1n) is 5.27. The van der Waals surface area contributed by atoms with Crippen LogP contribution in [-0.2, 0) is 4.74 Å². The standard InChI is InChI=1S/C10H20O3/c1-2-3-4-5-6-7-8-9(13-8)10(11)12/h8-12H,2-7H2,1H3/t8-,9-/m1/s1. The summed E-state index contributed by atoms with van der Waals surface area (Å²) in [5.74, 6) is 0. The van der Waals surface area contributed by atoms with Crippen molar-refractivity contribution in [1.82, 2.24) is 0 Å². The molecule has 1 heterocycles. The summed E-state index contributed by atoms with van der Waals surface area (Å²) in [5, 5.41) is 17.5. The number of hydrogen-bond donors (Lipinski definition) is 2. The third kappa shape index (κ3) is 4.07. The van der Waals surface area contributed by atoms with Crippen molar-refractivity contribution < 1.29 is 14.9 Å². The van der Waals surface area contributed by atoms with E-state index in [-0.39, 0.29) is 12.2 Å². The predicted molar refractivity (Wildman–Crippen MR) is 50.3 cm³/mol. The number of unbranched alkanes of at least 4 members (excludes halogenated alkanes) is 4. The van der Waals surface area contributed by atoms with Crippen LogP contribution in [0.4, 0.5) is 0 Å². The van der Waals surface area contributed by atoms with Gasteiger partial charge in [-0.1, -0.05) is 39.0 Å². The van der Waals surface area contributed by atoms with Crippen LogP contribution in [0.1, 0.15) is 45.4 Å². The van der Waals surface area contributed by atoms with E-state index in [2.05, 4.69) is 6.92 Å². The van der Waals surface area contributed by atoms with Gasteiger partial charge in [0.25, 0.3) is 0 Å². The molecule has 1 saturated heterocycles. The fourth-order valence-corrected chi connectivity index (χ4v) is 1.60. The number of hydrogen-bond acceptors (Lipinski definition) is 3.